The molecule has 0 heterocycles. The Morgan fingerprint density at radius 3 is 2.10 bits per heavy atom. The third-order valence-corrected chi connectivity index (χ3v) is 5.56. The summed E-state index contributed by atoms with van der Waals surface area (Å²) >= 11 is 3.30. The van der Waals surface area contributed by atoms with Crippen molar-refractivity contribution in [2.75, 3.05) is 5.75 Å². The van der Waals surface area contributed by atoms with Gasteiger partial charge in [-0.25, -0.2) is 8.42 Å². The zero-order valence-electron chi connectivity index (χ0n) is 12.0. The normalized spacial score (nSPS) is 13.1. The predicted octanol–water partition coefficient (Wildman–Crippen LogP) is 3.54. The van der Waals surface area contributed by atoms with Crippen LogP contribution in [0.5, 0.6) is 0 Å². The van der Waals surface area contributed by atoms with Gasteiger partial charge in [-0.15, -0.1) is 0 Å². The second-order valence-electron chi connectivity index (χ2n) is 5.26. The summed E-state index contributed by atoms with van der Waals surface area (Å²) in [7, 11) is -3.40. The molecule has 0 aromatic heterocycles. The fourth-order valence-electron chi connectivity index (χ4n) is 2.29. The van der Waals surface area contributed by atoms with E-state index in [4.69, 9.17) is 5.73 Å². The van der Waals surface area contributed by atoms with Gasteiger partial charge >= 0.3 is 0 Å². The van der Waals surface area contributed by atoms with E-state index in [9.17, 15) is 8.42 Å². The molecule has 0 saturated carbocycles. The number of benzene rings is 2. The highest BCUT2D eigenvalue weighted by molar-refractivity contribution is 9.10. The van der Waals surface area contributed by atoms with Crippen molar-refractivity contribution in [2.24, 2.45) is 5.73 Å². The molecule has 0 aliphatic rings. The molecule has 1 unspecified atom stereocenters. The maximum atomic E-state index is 12.4. The summed E-state index contributed by atoms with van der Waals surface area (Å²) < 4.78 is 25.7. The molecule has 0 bridgehead atoms. The molecule has 0 radical (unpaired) electrons. The summed E-state index contributed by atoms with van der Waals surface area (Å²) in [5.74, 6) is -0.0997. The molecule has 0 saturated heterocycles. The fourth-order valence-corrected chi connectivity index (χ4v) is 3.97. The molecule has 0 spiro atoms. The number of nitrogens with two attached hydrogens (primary N) is 1. The first-order valence-corrected chi connectivity index (χ1v) is 9.04. The molecule has 3 nitrogen and oxygen atoms in total. The van der Waals surface area contributed by atoms with Crippen LogP contribution >= 0.6 is 15.9 Å². The van der Waals surface area contributed by atoms with E-state index in [-0.39, 0.29) is 5.75 Å². The average molecular weight is 368 g/mol. The van der Waals surface area contributed by atoms with Gasteiger partial charge in [0.25, 0.3) is 0 Å². The first-order chi connectivity index (χ1) is 9.78. The van der Waals surface area contributed by atoms with Crippen LogP contribution in [0.3, 0.4) is 0 Å². The van der Waals surface area contributed by atoms with Crippen molar-refractivity contribution < 1.29 is 8.42 Å². The van der Waals surface area contributed by atoms with E-state index in [1.54, 1.807) is 24.3 Å². The Morgan fingerprint density at radius 2 is 1.57 bits per heavy atom. The maximum absolute atomic E-state index is 12.4. The first-order valence-electron chi connectivity index (χ1n) is 6.60. The topological polar surface area (TPSA) is 60.2 Å². The minimum absolute atomic E-state index is 0.0997. The zero-order chi connectivity index (χ0) is 15.6. The van der Waals surface area contributed by atoms with E-state index in [0.29, 0.717) is 4.90 Å². The third kappa shape index (κ3) is 4.15. The molecule has 0 aliphatic carbocycles. The van der Waals surface area contributed by atoms with Gasteiger partial charge in [0.15, 0.2) is 9.84 Å². The second kappa shape index (κ2) is 6.30. The molecule has 112 valence electrons. The lowest BCUT2D eigenvalue weighted by Crippen LogP contribution is -2.22. The van der Waals surface area contributed by atoms with E-state index in [1.807, 2.05) is 32.0 Å². The minimum atomic E-state index is -3.40. The lowest BCUT2D eigenvalue weighted by atomic mass is 10.0. The fraction of sp³-hybridized carbons (Fsp3) is 0.250. The molecular formula is C16H18BrNO2S. The van der Waals surface area contributed by atoms with Gasteiger partial charge in [-0.1, -0.05) is 45.3 Å². The molecule has 0 aliphatic heterocycles. The number of hydrogen-bond donors (Lipinski definition) is 1. The smallest absolute Gasteiger partial charge is 0.180 e. The molecule has 21 heavy (non-hydrogen) atoms. The van der Waals surface area contributed by atoms with Crippen LogP contribution in [0.2, 0.25) is 0 Å². The van der Waals surface area contributed by atoms with E-state index < -0.39 is 15.9 Å². The molecule has 0 amide bonds. The van der Waals surface area contributed by atoms with Crippen molar-refractivity contribution in [2.45, 2.75) is 24.8 Å². The van der Waals surface area contributed by atoms with Crippen molar-refractivity contribution in [1.29, 1.82) is 0 Å². The van der Waals surface area contributed by atoms with Crippen LogP contribution in [0.1, 0.15) is 22.7 Å². The molecule has 0 fully saturated rings. The highest BCUT2D eigenvalue weighted by Gasteiger charge is 2.20. The molecule has 5 heteroatoms. The Morgan fingerprint density at radius 1 is 1.05 bits per heavy atom. The SMILES string of the molecule is Cc1cc(C)cc(C(N)CS(=O)(=O)c2ccc(Br)cc2)c1. The van der Waals surface area contributed by atoms with Gasteiger partial charge in [0.05, 0.1) is 10.6 Å². The van der Waals surface area contributed by atoms with Gasteiger partial charge in [-0.05, 0) is 43.7 Å². The van der Waals surface area contributed by atoms with Crippen LogP contribution in [0.25, 0.3) is 0 Å². The van der Waals surface area contributed by atoms with Crippen molar-refractivity contribution in [3.63, 3.8) is 0 Å². The number of aryl methyl sites for hydroxylation is 2. The molecule has 2 aromatic rings. The van der Waals surface area contributed by atoms with Crippen LogP contribution in [0, 0.1) is 13.8 Å². The van der Waals surface area contributed by atoms with Crippen molar-refractivity contribution in [3.8, 4) is 0 Å². The minimum Gasteiger partial charge on any atom is -0.323 e. The molecular weight excluding hydrogens is 350 g/mol. The monoisotopic (exact) mass is 367 g/mol. The Labute approximate surface area is 134 Å². The van der Waals surface area contributed by atoms with Crippen LogP contribution < -0.4 is 5.73 Å². The summed E-state index contributed by atoms with van der Waals surface area (Å²) in [6.45, 7) is 3.96. The average Bonchev–Trinajstić information content (AvgIpc) is 2.37. The number of rotatable bonds is 4. The largest absolute Gasteiger partial charge is 0.323 e. The van der Waals surface area contributed by atoms with Gasteiger partial charge < -0.3 is 5.73 Å². The summed E-state index contributed by atoms with van der Waals surface area (Å²) in [6.07, 6.45) is 0. The van der Waals surface area contributed by atoms with E-state index in [1.165, 1.54) is 0 Å². The standard InChI is InChI=1S/C16H18BrNO2S/c1-11-7-12(2)9-13(8-11)16(18)10-21(19,20)15-5-3-14(17)4-6-15/h3-9,16H,10,18H2,1-2H3. The van der Waals surface area contributed by atoms with Crippen LogP contribution in [0.15, 0.2) is 51.8 Å². The lowest BCUT2D eigenvalue weighted by Gasteiger charge is -2.14. The predicted molar refractivity (Wildman–Crippen MR) is 89.0 cm³/mol. The highest BCUT2D eigenvalue weighted by atomic mass is 79.9. The van der Waals surface area contributed by atoms with Gasteiger partial charge in [0.1, 0.15) is 0 Å². The maximum Gasteiger partial charge on any atom is 0.180 e. The van der Waals surface area contributed by atoms with E-state index >= 15 is 0 Å². The Kier molecular flexibility index (Phi) is 4.86. The van der Waals surface area contributed by atoms with Gasteiger partial charge in [-0.2, -0.15) is 0 Å². The van der Waals surface area contributed by atoms with Crippen molar-refractivity contribution in [1.82, 2.24) is 0 Å². The van der Waals surface area contributed by atoms with Gasteiger partial charge in [0.2, 0.25) is 0 Å². The van der Waals surface area contributed by atoms with E-state index in [0.717, 1.165) is 21.2 Å². The van der Waals surface area contributed by atoms with Crippen LogP contribution in [-0.4, -0.2) is 14.2 Å². The quantitative estimate of drug-likeness (QED) is 0.898. The number of halogens is 1. The van der Waals surface area contributed by atoms with Crippen LogP contribution in [-0.2, 0) is 9.84 Å². The second-order valence-corrected chi connectivity index (χ2v) is 8.21. The van der Waals surface area contributed by atoms with Gasteiger partial charge in [0, 0.05) is 10.5 Å². The highest BCUT2D eigenvalue weighted by Crippen LogP contribution is 2.21. The summed E-state index contributed by atoms with van der Waals surface area (Å²) in [6, 6.07) is 12.0. The Hall–Kier alpha value is -1.17. The molecule has 2 rings (SSSR count). The first kappa shape index (κ1) is 16.2. The molecule has 2 N–H and O–H groups in total. The Balaban J connectivity index is 2.25. The van der Waals surface area contributed by atoms with E-state index in [2.05, 4.69) is 15.9 Å². The summed E-state index contributed by atoms with van der Waals surface area (Å²) in [5.41, 5.74) is 9.12. The number of sulfone groups is 1. The Bertz CT molecular complexity index is 719. The zero-order valence-corrected chi connectivity index (χ0v) is 14.4. The summed E-state index contributed by atoms with van der Waals surface area (Å²) in [5, 5.41) is 0. The molecule has 2 aromatic carbocycles. The van der Waals surface area contributed by atoms with Crippen molar-refractivity contribution in [3.05, 3.63) is 63.6 Å². The number of hydrogen-bond acceptors (Lipinski definition) is 3. The van der Waals surface area contributed by atoms with Gasteiger partial charge in [-0.3, -0.25) is 0 Å². The third-order valence-electron chi connectivity index (χ3n) is 3.24. The molecule has 1 atom stereocenters. The lowest BCUT2D eigenvalue weighted by molar-refractivity contribution is 0.589. The van der Waals surface area contributed by atoms with Crippen molar-refractivity contribution >= 4 is 25.8 Å². The van der Waals surface area contributed by atoms with Crippen LogP contribution in [0.4, 0.5) is 0 Å². The summed E-state index contributed by atoms with van der Waals surface area (Å²) in [4.78, 5) is 0.297.